The summed E-state index contributed by atoms with van der Waals surface area (Å²) in [5.74, 6) is 1.28. The Hall–Kier alpha value is -2.45. The van der Waals surface area contributed by atoms with Crippen molar-refractivity contribution in [3.8, 4) is 11.4 Å². The van der Waals surface area contributed by atoms with E-state index < -0.39 is 17.9 Å². The van der Waals surface area contributed by atoms with Crippen molar-refractivity contribution in [3.63, 3.8) is 0 Å². The second-order valence-corrected chi connectivity index (χ2v) is 7.74. The normalized spacial score (nSPS) is 25.5. The topological polar surface area (TPSA) is 80.9 Å². The van der Waals surface area contributed by atoms with Crippen LogP contribution in [-0.2, 0) is 11.0 Å². The molecule has 0 saturated heterocycles. The molecule has 2 aromatic rings. The van der Waals surface area contributed by atoms with Crippen LogP contribution >= 0.6 is 0 Å². The fourth-order valence-electron chi connectivity index (χ4n) is 4.33. The second-order valence-electron chi connectivity index (χ2n) is 7.74. The summed E-state index contributed by atoms with van der Waals surface area (Å²) in [5.41, 5.74) is -0.870. The molecule has 9 heteroatoms. The Morgan fingerprint density at radius 3 is 2.68 bits per heavy atom. The zero-order valence-electron chi connectivity index (χ0n) is 15.4. The Labute approximate surface area is 159 Å². The summed E-state index contributed by atoms with van der Waals surface area (Å²) >= 11 is 0. The number of carbonyl (C=O) groups is 1. The molecule has 2 aromatic heterocycles. The summed E-state index contributed by atoms with van der Waals surface area (Å²) in [5, 5.41) is 6.68. The minimum atomic E-state index is -4.55. The molecule has 0 aliphatic heterocycles. The number of nitrogens with zero attached hydrogens (tertiary/aromatic N) is 3. The van der Waals surface area contributed by atoms with Crippen LogP contribution in [0.15, 0.2) is 22.9 Å². The minimum Gasteiger partial charge on any atom is -0.344 e. The second kappa shape index (κ2) is 7.18. The molecule has 2 unspecified atom stereocenters. The van der Waals surface area contributed by atoms with Gasteiger partial charge in [0.15, 0.2) is 0 Å². The predicted octanol–water partition coefficient (Wildman–Crippen LogP) is 4.15. The van der Waals surface area contributed by atoms with Gasteiger partial charge in [0.2, 0.25) is 17.6 Å². The highest BCUT2D eigenvalue weighted by atomic mass is 19.4. The van der Waals surface area contributed by atoms with Gasteiger partial charge in [0.05, 0.1) is 0 Å². The molecule has 0 spiro atoms. The smallest absolute Gasteiger partial charge is 0.344 e. The number of halogens is 3. The number of aromatic nitrogens is 3. The zero-order valence-corrected chi connectivity index (χ0v) is 15.4. The number of carbonyl (C=O) groups excluding carboxylic acids is 1. The lowest BCUT2D eigenvalue weighted by atomic mass is 9.64. The van der Waals surface area contributed by atoms with Crippen molar-refractivity contribution < 1.29 is 22.5 Å². The molecule has 3 saturated carbocycles. The van der Waals surface area contributed by atoms with Crippen LogP contribution in [0.2, 0.25) is 0 Å². The Balaban J connectivity index is 1.45. The molecule has 6 nitrogen and oxygen atoms in total. The van der Waals surface area contributed by atoms with Gasteiger partial charge in [-0.15, -0.1) is 0 Å². The molecule has 2 bridgehead atoms. The molecule has 2 atom stereocenters. The fraction of sp³-hybridized carbons (Fsp3) is 0.579. The molecular formula is C19H21F3N4O2. The number of hydrogen-bond acceptors (Lipinski definition) is 5. The predicted molar refractivity (Wildman–Crippen MR) is 92.6 cm³/mol. The highest BCUT2D eigenvalue weighted by Crippen LogP contribution is 2.45. The maximum atomic E-state index is 12.8. The lowest BCUT2D eigenvalue weighted by Crippen LogP contribution is -2.42. The summed E-state index contributed by atoms with van der Waals surface area (Å²) < 4.78 is 43.7. The average molecular weight is 394 g/mol. The molecular weight excluding hydrogens is 373 g/mol. The number of pyridine rings is 1. The van der Waals surface area contributed by atoms with Gasteiger partial charge >= 0.3 is 6.18 Å². The fourth-order valence-corrected chi connectivity index (χ4v) is 4.33. The van der Waals surface area contributed by atoms with Crippen molar-refractivity contribution in [1.29, 1.82) is 0 Å². The Morgan fingerprint density at radius 1 is 1.29 bits per heavy atom. The van der Waals surface area contributed by atoms with Crippen molar-refractivity contribution in [1.82, 2.24) is 20.4 Å². The van der Waals surface area contributed by atoms with Gasteiger partial charge in [-0.3, -0.25) is 9.78 Å². The standard InChI is InChI=1S/C19H21F3N4O2/c1-10(24-17(27)14-8-11-2-4-12(14)5-3-11)18-25-16(26-28-18)13-6-7-23-15(9-13)19(20,21)22/h6-7,9-12,14H,2-5,8H2,1H3,(H,24,27). The summed E-state index contributed by atoms with van der Waals surface area (Å²) in [6.07, 6.45) is 2.05. The van der Waals surface area contributed by atoms with Crippen LogP contribution in [0.5, 0.6) is 0 Å². The van der Waals surface area contributed by atoms with E-state index in [1.54, 1.807) is 6.92 Å². The van der Waals surface area contributed by atoms with E-state index in [9.17, 15) is 18.0 Å². The largest absolute Gasteiger partial charge is 0.433 e. The van der Waals surface area contributed by atoms with Crippen molar-refractivity contribution in [2.45, 2.75) is 51.2 Å². The van der Waals surface area contributed by atoms with E-state index in [2.05, 4.69) is 20.4 Å². The third kappa shape index (κ3) is 3.74. The van der Waals surface area contributed by atoms with Crippen LogP contribution in [0.4, 0.5) is 13.2 Å². The van der Waals surface area contributed by atoms with E-state index in [0.717, 1.165) is 31.5 Å². The van der Waals surface area contributed by atoms with Crippen molar-refractivity contribution in [2.75, 3.05) is 0 Å². The van der Waals surface area contributed by atoms with Gasteiger partial charge in [-0.25, -0.2) is 0 Å². The van der Waals surface area contributed by atoms with Gasteiger partial charge in [0.25, 0.3) is 0 Å². The highest BCUT2D eigenvalue weighted by molar-refractivity contribution is 5.79. The third-order valence-electron chi connectivity index (χ3n) is 5.86. The van der Waals surface area contributed by atoms with Crippen LogP contribution in [0, 0.1) is 17.8 Å². The van der Waals surface area contributed by atoms with Crippen LogP contribution in [0.3, 0.4) is 0 Å². The maximum Gasteiger partial charge on any atom is 0.433 e. The van der Waals surface area contributed by atoms with Crippen LogP contribution in [-0.4, -0.2) is 21.0 Å². The Morgan fingerprint density at radius 2 is 2.04 bits per heavy atom. The van der Waals surface area contributed by atoms with E-state index in [4.69, 9.17) is 4.52 Å². The molecule has 1 amide bonds. The van der Waals surface area contributed by atoms with Crippen molar-refractivity contribution in [2.24, 2.45) is 17.8 Å². The molecule has 150 valence electrons. The molecule has 1 N–H and O–H groups in total. The molecule has 2 heterocycles. The van der Waals surface area contributed by atoms with E-state index in [1.807, 2.05) is 0 Å². The maximum absolute atomic E-state index is 12.8. The van der Waals surface area contributed by atoms with E-state index in [0.29, 0.717) is 11.8 Å². The van der Waals surface area contributed by atoms with E-state index >= 15 is 0 Å². The van der Waals surface area contributed by atoms with Gasteiger partial charge in [-0.05, 0) is 50.2 Å². The van der Waals surface area contributed by atoms with Crippen molar-refractivity contribution >= 4 is 5.91 Å². The number of nitrogens with one attached hydrogen (secondary N) is 1. The number of alkyl halides is 3. The number of hydrogen-bond donors (Lipinski definition) is 1. The van der Waals surface area contributed by atoms with Crippen LogP contribution in [0.25, 0.3) is 11.4 Å². The zero-order chi connectivity index (χ0) is 19.9. The Bertz CT molecular complexity index is 859. The third-order valence-corrected chi connectivity index (χ3v) is 5.86. The van der Waals surface area contributed by atoms with E-state index in [-0.39, 0.29) is 29.1 Å². The number of amides is 1. The lowest BCUT2D eigenvalue weighted by Gasteiger charge is -2.41. The molecule has 5 rings (SSSR count). The molecule has 3 aliphatic rings. The first-order valence-electron chi connectivity index (χ1n) is 9.49. The number of rotatable bonds is 4. The number of fused-ring (bicyclic) bond motifs is 3. The van der Waals surface area contributed by atoms with Crippen LogP contribution < -0.4 is 5.32 Å². The summed E-state index contributed by atoms with van der Waals surface area (Å²) in [6.45, 7) is 1.73. The average Bonchev–Trinajstić information content (AvgIpc) is 3.19. The molecule has 3 fully saturated rings. The monoisotopic (exact) mass is 394 g/mol. The minimum absolute atomic E-state index is 0.00933. The SMILES string of the molecule is CC(NC(=O)C1CC2CCC1CC2)c1nc(-c2ccnc(C(F)(F)F)c2)no1. The molecule has 3 aliphatic carbocycles. The first kappa shape index (κ1) is 18.9. The molecule has 0 radical (unpaired) electrons. The van der Waals surface area contributed by atoms with E-state index in [1.165, 1.54) is 18.9 Å². The lowest BCUT2D eigenvalue weighted by molar-refractivity contribution is -0.141. The summed E-state index contributed by atoms with van der Waals surface area (Å²) in [4.78, 5) is 20.2. The van der Waals surface area contributed by atoms with Crippen LogP contribution in [0.1, 0.15) is 56.7 Å². The van der Waals surface area contributed by atoms with Gasteiger partial charge in [0, 0.05) is 17.7 Å². The summed E-state index contributed by atoms with van der Waals surface area (Å²) in [7, 11) is 0. The molecule has 28 heavy (non-hydrogen) atoms. The van der Waals surface area contributed by atoms with Gasteiger partial charge in [0.1, 0.15) is 11.7 Å². The first-order chi connectivity index (χ1) is 13.3. The first-order valence-corrected chi connectivity index (χ1v) is 9.49. The molecule has 0 aromatic carbocycles. The highest BCUT2D eigenvalue weighted by Gasteiger charge is 2.40. The van der Waals surface area contributed by atoms with Gasteiger partial charge in [-0.1, -0.05) is 18.0 Å². The Kier molecular flexibility index (Phi) is 4.84. The van der Waals surface area contributed by atoms with Gasteiger partial charge < -0.3 is 9.84 Å². The van der Waals surface area contributed by atoms with Gasteiger partial charge in [-0.2, -0.15) is 18.2 Å². The summed E-state index contributed by atoms with van der Waals surface area (Å²) in [6, 6.07) is 1.74. The van der Waals surface area contributed by atoms with Crippen molar-refractivity contribution in [3.05, 3.63) is 29.9 Å². The quantitative estimate of drug-likeness (QED) is 0.842.